The van der Waals surface area contributed by atoms with Crippen LogP contribution in [0.2, 0.25) is 5.15 Å². The van der Waals surface area contributed by atoms with E-state index in [2.05, 4.69) is 21.3 Å². The average molecular weight is 238 g/mol. The lowest BCUT2D eigenvalue weighted by molar-refractivity contribution is 0.249. The summed E-state index contributed by atoms with van der Waals surface area (Å²) < 4.78 is 0. The molecule has 0 saturated carbocycles. The minimum atomic E-state index is 0.572. The third-order valence-corrected chi connectivity index (χ3v) is 3.79. The van der Waals surface area contributed by atoms with Crippen LogP contribution in [0.4, 0.5) is 5.69 Å². The largest absolute Gasteiger partial charge is 0.370 e. The van der Waals surface area contributed by atoms with Crippen LogP contribution in [0.3, 0.4) is 0 Å². The number of pyridine rings is 1. The lowest BCUT2D eigenvalue weighted by Gasteiger charge is -2.42. The number of fused-ring (bicyclic) bond motifs is 2. The highest BCUT2D eigenvalue weighted by Crippen LogP contribution is 2.28. The van der Waals surface area contributed by atoms with Crippen molar-refractivity contribution in [3.8, 4) is 0 Å². The first-order chi connectivity index (χ1) is 7.81. The Kier molecular flexibility index (Phi) is 2.74. The normalized spacial score (nSPS) is 29.2. The number of rotatable bonds is 1. The van der Waals surface area contributed by atoms with Gasteiger partial charge in [0.2, 0.25) is 0 Å². The lowest BCUT2D eigenvalue weighted by atomic mass is 9.86. The summed E-state index contributed by atoms with van der Waals surface area (Å²) in [6.07, 6.45) is 3.27. The molecule has 86 valence electrons. The number of nitrogens with one attached hydrogen (secondary N) is 1. The summed E-state index contributed by atoms with van der Waals surface area (Å²) in [7, 11) is 0. The van der Waals surface area contributed by atoms with Crippen molar-refractivity contribution in [1.82, 2.24) is 10.3 Å². The molecule has 1 aromatic heterocycles. The van der Waals surface area contributed by atoms with E-state index < -0.39 is 0 Å². The molecular weight excluding hydrogens is 222 g/mol. The number of nitrogens with zero attached hydrogens (tertiary/aromatic N) is 2. The maximum atomic E-state index is 5.81. The fraction of sp³-hybridized carbons (Fsp3) is 0.583. The molecule has 2 atom stereocenters. The topological polar surface area (TPSA) is 28.2 Å². The van der Waals surface area contributed by atoms with E-state index in [1.54, 1.807) is 0 Å². The van der Waals surface area contributed by atoms with Crippen molar-refractivity contribution in [1.29, 1.82) is 0 Å². The van der Waals surface area contributed by atoms with Crippen molar-refractivity contribution in [2.45, 2.75) is 6.42 Å². The summed E-state index contributed by atoms with van der Waals surface area (Å²) >= 11 is 5.81. The highest BCUT2D eigenvalue weighted by molar-refractivity contribution is 6.29. The van der Waals surface area contributed by atoms with Crippen molar-refractivity contribution in [3.63, 3.8) is 0 Å². The fourth-order valence-electron chi connectivity index (χ4n) is 2.87. The summed E-state index contributed by atoms with van der Waals surface area (Å²) in [5.41, 5.74) is 1.21. The van der Waals surface area contributed by atoms with Crippen LogP contribution in [0.1, 0.15) is 6.42 Å². The van der Waals surface area contributed by atoms with E-state index in [4.69, 9.17) is 11.6 Å². The van der Waals surface area contributed by atoms with E-state index in [0.717, 1.165) is 38.0 Å². The number of hydrogen-bond acceptors (Lipinski definition) is 3. The highest BCUT2D eigenvalue weighted by Gasteiger charge is 2.30. The average Bonchev–Trinajstić information content (AvgIpc) is 2.29. The van der Waals surface area contributed by atoms with Crippen molar-refractivity contribution < 1.29 is 0 Å². The van der Waals surface area contributed by atoms with E-state index in [-0.39, 0.29) is 0 Å². The van der Waals surface area contributed by atoms with Gasteiger partial charge < -0.3 is 10.2 Å². The van der Waals surface area contributed by atoms with E-state index in [1.165, 1.54) is 12.1 Å². The fourth-order valence-corrected chi connectivity index (χ4v) is 2.98. The lowest BCUT2D eigenvalue weighted by Crippen LogP contribution is -2.51. The summed E-state index contributed by atoms with van der Waals surface area (Å²) in [4.78, 5) is 6.60. The van der Waals surface area contributed by atoms with Gasteiger partial charge in [0.15, 0.2) is 0 Å². The van der Waals surface area contributed by atoms with E-state index in [1.807, 2.05) is 12.3 Å². The zero-order valence-electron chi connectivity index (χ0n) is 9.19. The Morgan fingerprint density at radius 2 is 2.00 bits per heavy atom. The van der Waals surface area contributed by atoms with Crippen LogP contribution in [0.5, 0.6) is 0 Å². The summed E-state index contributed by atoms with van der Waals surface area (Å²) in [5, 5.41) is 4.08. The summed E-state index contributed by atoms with van der Waals surface area (Å²) in [5.74, 6) is 1.59. The number of hydrogen-bond donors (Lipinski definition) is 1. The molecule has 1 aromatic rings. The van der Waals surface area contributed by atoms with Crippen LogP contribution in [0.25, 0.3) is 0 Å². The van der Waals surface area contributed by atoms with Gasteiger partial charge in [-0.05, 0) is 43.5 Å². The molecule has 3 heterocycles. The second-order valence-corrected chi connectivity index (χ2v) is 5.26. The zero-order valence-corrected chi connectivity index (χ0v) is 9.95. The monoisotopic (exact) mass is 237 g/mol. The standard InChI is InChI=1S/C12H16ClN3/c13-12-2-1-11(6-15-12)16-7-9-3-10(8-16)5-14-4-9/h1-2,6,9-10,14H,3-5,7-8H2. The molecule has 2 saturated heterocycles. The number of aromatic nitrogens is 1. The molecule has 0 radical (unpaired) electrons. The van der Waals surface area contributed by atoms with Crippen LogP contribution in [-0.4, -0.2) is 31.2 Å². The van der Waals surface area contributed by atoms with Crippen molar-refractivity contribution in [2.24, 2.45) is 11.8 Å². The van der Waals surface area contributed by atoms with Gasteiger partial charge in [-0.2, -0.15) is 0 Å². The van der Waals surface area contributed by atoms with E-state index in [0.29, 0.717) is 5.15 Å². The molecule has 2 aliphatic rings. The predicted octanol–water partition coefficient (Wildman–Crippen LogP) is 1.78. The second kappa shape index (κ2) is 4.22. The SMILES string of the molecule is Clc1ccc(N2CC3CNCC(C3)C2)cn1. The Balaban J connectivity index is 1.77. The van der Waals surface area contributed by atoms with E-state index in [9.17, 15) is 0 Å². The molecule has 3 rings (SSSR count). The van der Waals surface area contributed by atoms with Gasteiger partial charge in [-0.3, -0.25) is 0 Å². The van der Waals surface area contributed by atoms with Gasteiger partial charge in [-0.15, -0.1) is 0 Å². The van der Waals surface area contributed by atoms with Gasteiger partial charge in [-0.1, -0.05) is 11.6 Å². The van der Waals surface area contributed by atoms with Gasteiger partial charge in [0.25, 0.3) is 0 Å². The maximum Gasteiger partial charge on any atom is 0.129 e. The van der Waals surface area contributed by atoms with Crippen molar-refractivity contribution in [3.05, 3.63) is 23.5 Å². The summed E-state index contributed by atoms with van der Waals surface area (Å²) in [6.45, 7) is 4.61. The molecule has 4 heteroatoms. The third kappa shape index (κ3) is 2.02. The smallest absolute Gasteiger partial charge is 0.129 e. The van der Waals surface area contributed by atoms with Gasteiger partial charge in [-0.25, -0.2) is 4.98 Å². The van der Waals surface area contributed by atoms with Crippen LogP contribution in [0.15, 0.2) is 18.3 Å². The molecule has 3 nitrogen and oxygen atoms in total. The number of halogens is 1. The quantitative estimate of drug-likeness (QED) is 0.755. The molecule has 2 aliphatic heterocycles. The van der Waals surface area contributed by atoms with Crippen molar-refractivity contribution >= 4 is 17.3 Å². The minimum absolute atomic E-state index is 0.572. The van der Waals surface area contributed by atoms with Gasteiger partial charge in [0.1, 0.15) is 5.15 Å². The molecule has 0 amide bonds. The molecular formula is C12H16ClN3. The molecule has 0 aliphatic carbocycles. The molecule has 16 heavy (non-hydrogen) atoms. The molecule has 1 N–H and O–H groups in total. The Morgan fingerprint density at radius 3 is 2.62 bits per heavy atom. The molecule has 2 fully saturated rings. The third-order valence-electron chi connectivity index (χ3n) is 3.57. The van der Waals surface area contributed by atoms with Gasteiger partial charge in [0, 0.05) is 13.1 Å². The molecule has 0 spiro atoms. The molecule has 0 aromatic carbocycles. The molecule has 2 unspecified atom stereocenters. The second-order valence-electron chi connectivity index (χ2n) is 4.87. The van der Waals surface area contributed by atoms with E-state index >= 15 is 0 Å². The van der Waals surface area contributed by atoms with Gasteiger partial charge in [0.05, 0.1) is 11.9 Å². The number of anilines is 1. The van der Waals surface area contributed by atoms with Crippen molar-refractivity contribution in [2.75, 3.05) is 31.1 Å². The van der Waals surface area contributed by atoms with Gasteiger partial charge >= 0.3 is 0 Å². The first-order valence-electron chi connectivity index (χ1n) is 5.88. The first-order valence-corrected chi connectivity index (χ1v) is 6.26. The van der Waals surface area contributed by atoms with Crippen LogP contribution in [-0.2, 0) is 0 Å². The Bertz CT molecular complexity index is 353. The minimum Gasteiger partial charge on any atom is -0.370 e. The number of piperidine rings is 2. The predicted molar refractivity (Wildman–Crippen MR) is 65.9 cm³/mol. The van der Waals surface area contributed by atoms with Crippen LogP contribution >= 0.6 is 11.6 Å². The Labute approximate surface area is 101 Å². The highest BCUT2D eigenvalue weighted by atomic mass is 35.5. The van der Waals surface area contributed by atoms with Crippen LogP contribution < -0.4 is 10.2 Å². The summed E-state index contributed by atoms with van der Waals surface area (Å²) in [6, 6.07) is 3.95. The molecule has 2 bridgehead atoms. The maximum absolute atomic E-state index is 5.81. The Morgan fingerprint density at radius 1 is 1.25 bits per heavy atom. The Hall–Kier alpha value is -0.800. The first kappa shape index (κ1) is 10.4. The zero-order chi connectivity index (χ0) is 11.0. The van der Waals surface area contributed by atoms with Crippen LogP contribution in [0, 0.1) is 11.8 Å².